The van der Waals surface area contributed by atoms with Gasteiger partial charge in [0.15, 0.2) is 11.5 Å². The summed E-state index contributed by atoms with van der Waals surface area (Å²) in [5.74, 6) is -2.07. The fourth-order valence-electron chi connectivity index (χ4n) is 3.15. The molecular weight excluding hydrogens is 454 g/mol. The highest BCUT2D eigenvalue weighted by molar-refractivity contribution is 5.81. The number of ether oxygens (including phenoxy) is 4. The average Bonchev–Trinajstić information content (AvgIpc) is 2.82. The maximum absolute atomic E-state index is 12.5. The van der Waals surface area contributed by atoms with Crippen molar-refractivity contribution in [2.24, 2.45) is 11.7 Å². The summed E-state index contributed by atoms with van der Waals surface area (Å²) in [5, 5.41) is 0. The van der Waals surface area contributed by atoms with Gasteiger partial charge in [0.05, 0.1) is 19.6 Å². The van der Waals surface area contributed by atoms with Gasteiger partial charge in [-0.05, 0) is 30.5 Å². The van der Waals surface area contributed by atoms with E-state index in [-0.39, 0.29) is 49.7 Å². The molecule has 35 heavy (non-hydrogen) atoms. The van der Waals surface area contributed by atoms with E-state index >= 15 is 0 Å². The summed E-state index contributed by atoms with van der Waals surface area (Å²) < 4.78 is 21.0. The van der Waals surface area contributed by atoms with Crippen LogP contribution in [0.15, 0.2) is 18.2 Å². The standard InChI is InChI=1S/C26H39NO8/c1-6-8-10-22(28)34-20-13-12-19(16-21(20)35-23(29)11-9-7-2)17-26(27,25(31)32-5)14-15-33-24(30)18(3)4/h12-13,16,18H,6-11,14-15,17,27H2,1-5H3/t26-/m1/s1. The first-order valence-corrected chi connectivity index (χ1v) is 12.1. The molecule has 9 heteroatoms. The summed E-state index contributed by atoms with van der Waals surface area (Å²) in [7, 11) is 1.23. The summed E-state index contributed by atoms with van der Waals surface area (Å²) in [5.41, 5.74) is 5.44. The second kappa shape index (κ2) is 15.1. The SMILES string of the molecule is CCCCC(=O)Oc1ccc(C[C@](N)(CCOC(=O)C(C)C)C(=O)OC)cc1OC(=O)CCCC. The van der Waals surface area contributed by atoms with E-state index in [4.69, 9.17) is 24.7 Å². The number of esters is 4. The van der Waals surface area contributed by atoms with Crippen LogP contribution in [0.4, 0.5) is 0 Å². The Labute approximate surface area is 207 Å². The lowest BCUT2D eigenvalue weighted by Gasteiger charge is -2.27. The van der Waals surface area contributed by atoms with E-state index in [1.165, 1.54) is 19.2 Å². The van der Waals surface area contributed by atoms with Crippen molar-refractivity contribution in [1.29, 1.82) is 0 Å². The van der Waals surface area contributed by atoms with E-state index in [0.29, 0.717) is 18.4 Å². The number of hydrogen-bond acceptors (Lipinski definition) is 9. The van der Waals surface area contributed by atoms with Gasteiger partial charge in [-0.25, -0.2) is 0 Å². The van der Waals surface area contributed by atoms with Crippen LogP contribution in [0.3, 0.4) is 0 Å². The second-order valence-corrected chi connectivity index (χ2v) is 8.83. The summed E-state index contributed by atoms with van der Waals surface area (Å²) in [4.78, 5) is 48.7. The molecule has 1 rings (SSSR count). The van der Waals surface area contributed by atoms with Crippen LogP contribution in [0, 0.1) is 5.92 Å². The molecule has 0 aliphatic heterocycles. The summed E-state index contributed by atoms with van der Waals surface area (Å²) in [6.45, 7) is 7.28. The lowest BCUT2D eigenvalue weighted by atomic mass is 9.88. The monoisotopic (exact) mass is 493 g/mol. The van der Waals surface area contributed by atoms with Crippen LogP contribution in [-0.4, -0.2) is 43.1 Å². The van der Waals surface area contributed by atoms with E-state index in [9.17, 15) is 19.2 Å². The number of carbonyl (C=O) groups is 4. The fraction of sp³-hybridized carbons (Fsp3) is 0.615. The predicted octanol–water partition coefficient (Wildman–Crippen LogP) is 3.88. The number of rotatable bonds is 15. The van der Waals surface area contributed by atoms with Gasteiger partial charge in [0.2, 0.25) is 0 Å². The Kier molecular flexibility index (Phi) is 13.0. The van der Waals surface area contributed by atoms with Crippen LogP contribution in [0.2, 0.25) is 0 Å². The van der Waals surface area contributed by atoms with E-state index in [0.717, 1.165) is 12.8 Å². The molecule has 0 amide bonds. The van der Waals surface area contributed by atoms with Gasteiger partial charge in [-0.2, -0.15) is 0 Å². The van der Waals surface area contributed by atoms with E-state index in [2.05, 4.69) is 0 Å². The molecular formula is C26H39NO8. The molecule has 0 unspecified atom stereocenters. The smallest absolute Gasteiger partial charge is 0.326 e. The van der Waals surface area contributed by atoms with Crippen LogP contribution in [0.5, 0.6) is 11.5 Å². The highest BCUT2D eigenvalue weighted by Crippen LogP contribution is 2.31. The van der Waals surface area contributed by atoms with E-state index in [1.54, 1.807) is 19.9 Å². The van der Waals surface area contributed by atoms with Gasteiger partial charge in [0, 0.05) is 25.7 Å². The quantitative estimate of drug-likeness (QED) is 0.285. The molecule has 1 aromatic rings. The highest BCUT2D eigenvalue weighted by Gasteiger charge is 2.36. The van der Waals surface area contributed by atoms with Crippen molar-refractivity contribution in [1.82, 2.24) is 0 Å². The lowest BCUT2D eigenvalue weighted by Crippen LogP contribution is -2.51. The van der Waals surface area contributed by atoms with Crippen molar-refractivity contribution in [2.45, 2.75) is 84.6 Å². The number of benzene rings is 1. The van der Waals surface area contributed by atoms with Crippen molar-refractivity contribution >= 4 is 23.9 Å². The fourth-order valence-corrected chi connectivity index (χ4v) is 3.15. The minimum Gasteiger partial charge on any atom is -0.468 e. The number of nitrogens with two attached hydrogens (primary N) is 1. The number of carbonyl (C=O) groups excluding carboxylic acids is 4. The van der Waals surface area contributed by atoms with Crippen molar-refractivity contribution in [3.63, 3.8) is 0 Å². The first kappa shape index (κ1) is 30.1. The lowest BCUT2D eigenvalue weighted by molar-refractivity contribution is -0.152. The van der Waals surface area contributed by atoms with Crippen molar-refractivity contribution in [3.05, 3.63) is 23.8 Å². The summed E-state index contributed by atoms with van der Waals surface area (Å²) in [6.07, 6.45) is 3.50. The van der Waals surface area contributed by atoms with Gasteiger partial charge in [-0.15, -0.1) is 0 Å². The van der Waals surface area contributed by atoms with Crippen LogP contribution in [0.25, 0.3) is 0 Å². The molecule has 196 valence electrons. The van der Waals surface area contributed by atoms with Crippen LogP contribution < -0.4 is 15.2 Å². The molecule has 9 nitrogen and oxygen atoms in total. The Morgan fingerprint density at radius 2 is 1.51 bits per heavy atom. The molecule has 0 aromatic heterocycles. The third-order valence-corrected chi connectivity index (χ3v) is 5.30. The third-order valence-electron chi connectivity index (χ3n) is 5.30. The van der Waals surface area contributed by atoms with Gasteiger partial charge in [0.1, 0.15) is 5.54 Å². The van der Waals surface area contributed by atoms with Crippen molar-refractivity contribution in [3.8, 4) is 11.5 Å². The molecule has 0 bridgehead atoms. The van der Waals surface area contributed by atoms with Gasteiger partial charge in [-0.3, -0.25) is 19.2 Å². The first-order valence-electron chi connectivity index (χ1n) is 12.1. The molecule has 0 radical (unpaired) electrons. The molecule has 0 saturated heterocycles. The minimum atomic E-state index is -1.49. The summed E-state index contributed by atoms with van der Waals surface area (Å²) >= 11 is 0. The zero-order valence-corrected chi connectivity index (χ0v) is 21.5. The third kappa shape index (κ3) is 10.5. The van der Waals surface area contributed by atoms with Crippen LogP contribution >= 0.6 is 0 Å². The molecule has 2 N–H and O–H groups in total. The molecule has 0 aliphatic carbocycles. The maximum Gasteiger partial charge on any atom is 0.326 e. The first-order chi connectivity index (χ1) is 16.6. The van der Waals surface area contributed by atoms with Gasteiger partial charge >= 0.3 is 23.9 Å². The highest BCUT2D eigenvalue weighted by atomic mass is 16.6. The van der Waals surface area contributed by atoms with Crippen LogP contribution in [-0.2, 0) is 35.1 Å². The molecule has 0 aliphatic rings. The van der Waals surface area contributed by atoms with Gasteiger partial charge in [-0.1, -0.05) is 46.6 Å². The molecule has 0 spiro atoms. The summed E-state index contributed by atoms with van der Waals surface area (Å²) in [6, 6.07) is 4.67. The maximum atomic E-state index is 12.5. The minimum absolute atomic E-state index is 0.0163. The average molecular weight is 494 g/mol. The Bertz CT molecular complexity index is 867. The number of hydrogen-bond donors (Lipinski definition) is 1. The Morgan fingerprint density at radius 3 is 2.03 bits per heavy atom. The van der Waals surface area contributed by atoms with E-state index in [1.807, 2.05) is 13.8 Å². The normalized spacial score (nSPS) is 12.5. The zero-order valence-electron chi connectivity index (χ0n) is 21.5. The molecule has 0 saturated carbocycles. The number of unbranched alkanes of at least 4 members (excludes halogenated alkanes) is 2. The molecule has 0 fully saturated rings. The zero-order chi connectivity index (χ0) is 26.4. The van der Waals surface area contributed by atoms with Gasteiger partial charge in [0.25, 0.3) is 0 Å². The number of methoxy groups -OCH3 is 1. The van der Waals surface area contributed by atoms with Crippen molar-refractivity contribution < 1.29 is 38.1 Å². The Morgan fingerprint density at radius 1 is 0.943 bits per heavy atom. The molecule has 0 heterocycles. The molecule has 1 aromatic carbocycles. The largest absolute Gasteiger partial charge is 0.468 e. The Balaban J connectivity index is 3.14. The van der Waals surface area contributed by atoms with Gasteiger partial charge < -0.3 is 24.7 Å². The van der Waals surface area contributed by atoms with E-state index < -0.39 is 29.4 Å². The topological polar surface area (TPSA) is 131 Å². The van der Waals surface area contributed by atoms with Crippen LogP contribution in [0.1, 0.15) is 78.2 Å². The predicted molar refractivity (Wildman–Crippen MR) is 130 cm³/mol. The second-order valence-electron chi connectivity index (χ2n) is 8.83. The Hall–Kier alpha value is -2.94. The van der Waals surface area contributed by atoms with Crippen molar-refractivity contribution in [2.75, 3.05) is 13.7 Å². The molecule has 1 atom stereocenters.